The first-order chi connectivity index (χ1) is 6.47. The van der Waals surface area contributed by atoms with Gasteiger partial charge in [0.15, 0.2) is 0 Å². The zero-order valence-corrected chi connectivity index (χ0v) is 10.0. The van der Waals surface area contributed by atoms with E-state index >= 15 is 0 Å². The molecule has 0 aromatic rings. The molecule has 0 spiro atoms. The van der Waals surface area contributed by atoms with Gasteiger partial charge in [-0.05, 0) is 27.8 Å². The average molecular weight is 200 g/mol. The summed E-state index contributed by atoms with van der Waals surface area (Å²) in [5.41, 5.74) is 0.00653. The molecule has 0 saturated carbocycles. The number of likely N-dealkylation sites (N-methyl/N-ethyl adjacent to an activating group) is 1. The fourth-order valence-corrected chi connectivity index (χ4v) is 1.55. The molecule has 14 heavy (non-hydrogen) atoms. The van der Waals surface area contributed by atoms with Crippen LogP contribution < -0.4 is 0 Å². The SMILES string of the molecule is CN1CCN(CCOC(C)(C)C)CC1. The molecule has 0 atom stereocenters. The predicted octanol–water partition coefficient (Wildman–Crippen LogP) is 1.05. The summed E-state index contributed by atoms with van der Waals surface area (Å²) in [5, 5.41) is 0. The fourth-order valence-electron chi connectivity index (χ4n) is 1.55. The van der Waals surface area contributed by atoms with E-state index in [0.717, 1.165) is 13.2 Å². The molecule has 1 aliphatic rings. The van der Waals surface area contributed by atoms with Gasteiger partial charge in [-0.3, -0.25) is 4.90 Å². The van der Waals surface area contributed by atoms with Crippen molar-refractivity contribution in [3.63, 3.8) is 0 Å². The molecule has 1 aliphatic heterocycles. The molecule has 0 unspecified atom stereocenters. The predicted molar refractivity (Wildman–Crippen MR) is 59.6 cm³/mol. The Balaban J connectivity index is 2.08. The van der Waals surface area contributed by atoms with E-state index in [0.29, 0.717) is 0 Å². The van der Waals surface area contributed by atoms with Gasteiger partial charge in [-0.2, -0.15) is 0 Å². The second kappa shape index (κ2) is 5.10. The Morgan fingerprint density at radius 2 is 1.64 bits per heavy atom. The second-order valence-corrected chi connectivity index (χ2v) is 5.11. The molecule has 1 saturated heterocycles. The normalized spacial score (nSPS) is 21.4. The summed E-state index contributed by atoms with van der Waals surface area (Å²) in [6.45, 7) is 13.0. The highest BCUT2D eigenvalue weighted by molar-refractivity contribution is 4.69. The van der Waals surface area contributed by atoms with Crippen molar-refractivity contribution in [2.75, 3.05) is 46.4 Å². The van der Waals surface area contributed by atoms with Crippen molar-refractivity contribution in [2.24, 2.45) is 0 Å². The summed E-state index contributed by atoms with van der Waals surface area (Å²) in [6, 6.07) is 0. The molecule has 0 radical (unpaired) electrons. The van der Waals surface area contributed by atoms with Crippen LogP contribution in [0.15, 0.2) is 0 Å². The molecular formula is C11H24N2O. The molecule has 84 valence electrons. The van der Waals surface area contributed by atoms with E-state index in [1.807, 2.05) is 0 Å². The van der Waals surface area contributed by atoms with E-state index in [-0.39, 0.29) is 5.60 Å². The molecule has 0 N–H and O–H groups in total. The quantitative estimate of drug-likeness (QED) is 0.677. The van der Waals surface area contributed by atoms with Crippen LogP contribution >= 0.6 is 0 Å². The topological polar surface area (TPSA) is 15.7 Å². The van der Waals surface area contributed by atoms with Crippen LogP contribution in [0.4, 0.5) is 0 Å². The highest BCUT2D eigenvalue weighted by Crippen LogP contribution is 2.06. The van der Waals surface area contributed by atoms with Gasteiger partial charge in [0, 0.05) is 32.7 Å². The summed E-state index contributed by atoms with van der Waals surface area (Å²) in [5.74, 6) is 0. The van der Waals surface area contributed by atoms with Crippen LogP contribution in [0.2, 0.25) is 0 Å². The van der Waals surface area contributed by atoms with Gasteiger partial charge in [-0.25, -0.2) is 0 Å². The van der Waals surface area contributed by atoms with Crippen LogP contribution in [0.25, 0.3) is 0 Å². The maximum Gasteiger partial charge on any atom is 0.0600 e. The first-order valence-electron chi connectivity index (χ1n) is 5.52. The maximum absolute atomic E-state index is 5.70. The van der Waals surface area contributed by atoms with Gasteiger partial charge in [-0.1, -0.05) is 0 Å². The molecular weight excluding hydrogens is 176 g/mol. The molecule has 3 nitrogen and oxygen atoms in total. The van der Waals surface area contributed by atoms with Crippen molar-refractivity contribution in [1.29, 1.82) is 0 Å². The number of hydrogen-bond acceptors (Lipinski definition) is 3. The number of nitrogens with zero attached hydrogens (tertiary/aromatic N) is 2. The fraction of sp³-hybridized carbons (Fsp3) is 1.00. The Morgan fingerprint density at radius 3 is 2.14 bits per heavy atom. The van der Waals surface area contributed by atoms with Crippen LogP contribution in [0.1, 0.15) is 20.8 Å². The lowest BCUT2D eigenvalue weighted by Gasteiger charge is -2.33. The van der Waals surface area contributed by atoms with Gasteiger partial charge in [0.2, 0.25) is 0 Å². The Hall–Kier alpha value is -0.120. The number of ether oxygens (including phenoxy) is 1. The summed E-state index contributed by atoms with van der Waals surface area (Å²) >= 11 is 0. The molecule has 0 aromatic carbocycles. The number of rotatable bonds is 3. The minimum atomic E-state index is 0.00653. The number of piperazine rings is 1. The molecule has 0 aliphatic carbocycles. The van der Waals surface area contributed by atoms with Gasteiger partial charge in [0.05, 0.1) is 12.2 Å². The molecule has 0 bridgehead atoms. The first-order valence-corrected chi connectivity index (χ1v) is 5.52. The Morgan fingerprint density at radius 1 is 1.07 bits per heavy atom. The first kappa shape index (κ1) is 12.0. The van der Waals surface area contributed by atoms with Crippen molar-refractivity contribution >= 4 is 0 Å². The van der Waals surface area contributed by atoms with Gasteiger partial charge in [-0.15, -0.1) is 0 Å². The molecule has 0 amide bonds. The molecule has 1 rings (SSSR count). The van der Waals surface area contributed by atoms with Crippen LogP contribution in [-0.4, -0.2) is 61.8 Å². The van der Waals surface area contributed by atoms with E-state index in [1.165, 1.54) is 26.2 Å². The summed E-state index contributed by atoms with van der Waals surface area (Å²) in [4.78, 5) is 4.85. The van der Waals surface area contributed by atoms with Gasteiger partial charge >= 0.3 is 0 Å². The lowest BCUT2D eigenvalue weighted by atomic mass is 10.2. The second-order valence-electron chi connectivity index (χ2n) is 5.11. The van der Waals surface area contributed by atoms with Crippen molar-refractivity contribution in [2.45, 2.75) is 26.4 Å². The average Bonchev–Trinajstić information content (AvgIpc) is 2.06. The van der Waals surface area contributed by atoms with E-state index in [1.54, 1.807) is 0 Å². The zero-order valence-electron chi connectivity index (χ0n) is 10.0. The van der Waals surface area contributed by atoms with Gasteiger partial charge in [0.25, 0.3) is 0 Å². The minimum absolute atomic E-state index is 0.00653. The highest BCUT2D eigenvalue weighted by atomic mass is 16.5. The highest BCUT2D eigenvalue weighted by Gasteiger charge is 2.15. The summed E-state index contributed by atoms with van der Waals surface area (Å²) < 4.78 is 5.70. The smallest absolute Gasteiger partial charge is 0.0600 e. The van der Waals surface area contributed by atoms with Crippen LogP contribution in [0.3, 0.4) is 0 Å². The third kappa shape index (κ3) is 4.94. The standard InChI is InChI=1S/C11H24N2O/c1-11(2,3)14-10-9-13-7-5-12(4)6-8-13/h5-10H2,1-4H3. The Labute approximate surface area is 88.0 Å². The Bertz CT molecular complexity index is 157. The maximum atomic E-state index is 5.70. The van der Waals surface area contributed by atoms with Crippen molar-refractivity contribution in [3.8, 4) is 0 Å². The van der Waals surface area contributed by atoms with Crippen molar-refractivity contribution in [1.82, 2.24) is 9.80 Å². The van der Waals surface area contributed by atoms with Crippen molar-refractivity contribution in [3.05, 3.63) is 0 Å². The van der Waals surface area contributed by atoms with Gasteiger partial charge < -0.3 is 9.64 Å². The minimum Gasteiger partial charge on any atom is -0.375 e. The lowest BCUT2D eigenvalue weighted by molar-refractivity contribution is -0.0169. The van der Waals surface area contributed by atoms with E-state index in [2.05, 4.69) is 37.6 Å². The molecule has 1 heterocycles. The largest absolute Gasteiger partial charge is 0.375 e. The van der Waals surface area contributed by atoms with E-state index in [9.17, 15) is 0 Å². The molecule has 1 fully saturated rings. The van der Waals surface area contributed by atoms with Crippen molar-refractivity contribution < 1.29 is 4.74 Å². The van der Waals surface area contributed by atoms with Crippen LogP contribution in [0, 0.1) is 0 Å². The third-order valence-electron chi connectivity index (χ3n) is 2.54. The third-order valence-corrected chi connectivity index (χ3v) is 2.54. The lowest BCUT2D eigenvalue weighted by Crippen LogP contribution is -2.45. The van der Waals surface area contributed by atoms with Crippen LogP contribution in [-0.2, 0) is 4.74 Å². The summed E-state index contributed by atoms with van der Waals surface area (Å²) in [6.07, 6.45) is 0. The number of hydrogen-bond donors (Lipinski definition) is 0. The van der Waals surface area contributed by atoms with Gasteiger partial charge in [0.1, 0.15) is 0 Å². The molecule has 3 heteroatoms. The summed E-state index contributed by atoms with van der Waals surface area (Å²) in [7, 11) is 2.18. The zero-order chi connectivity index (χ0) is 10.6. The molecule has 0 aromatic heterocycles. The Kier molecular flexibility index (Phi) is 4.35. The van der Waals surface area contributed by atoms with Crippen LogP contribution in [0.5, 0.6) is 0 Å². The van der Waals surface area contributed by atoms with E-state index in [4.69, 9.17) is 4.74 Å². The van der Waals surface area contributed by atoms with E-state index < -0.39 is 0 Å². The monoisotopic (exact) mass is 200 g/mol.